The fourth-order valence-corrected chi connectivity index (χ4v) is 7.99. The van der Waals surface area contributed by atoms with Crippen molar-refractivity contribution in [3.8, 4) is 27.9 Å². The zero-order chi connectivity index (χ0) is 34.4. The summed E-state index contributed by atoms with van der Waals surface area (Å²) in [5.74, 6) is 0. The molecule has 2 heteroatoms. The number of hydrogen-bond acceptors (Lipinski definition) is 1. The van der Waals surface area contributed by atoms with Crippen molar-refractivity contribution in [3.63, 3.8) is 0 Å². The van der Waals surface area contributed by atoms with Gasteiger partial charge in [0.05, 0.1) is 11.0 Å². The first-order chi connectivity index (χ1) is 25.8. The molecule has 0 aliphatic carbocycles. The van der Waals surface area contributed by atoms with Gasteiger partial charge in [-0.25, -0.2) is 0 Å². The van der Waals surface area contributed by atoms with Crippen LogP contribution in [0.5, 0.6) is 0 Å². The second kappa shape index (κ2) is 12.5. The first-order valence-corrected chi connectivity index (χ1v) is 17.9. The molecule has 2 nitrogen and oxygen atoms in total. The summed E-state index contributed by atoms with van der Waals surface area (Å²) in [6, 6.07) is 74.8. The molecule has 0 aliphatic heterocycles. The second-order valence-electron chi connectivity index (χ2n) is 13.4. The van der Waals surface area contributed by atoms with Gasteiger partial charge in [0.1, 0.15) is 0 Å². The molecular weight excluding hydrogens is 629 g/mol. The lowest BCUT2D eigenvalue weighted by Crippen LogP contribution is -2.10. The standard InChI is InChI=1S/C50H34N2/c1-2-15-36(16-3-1)44-26-11-18-37-19-12-27-45(50(37)44)39-20-10-21-40(33-39)51(43-31-30-35-14-4-5-17-38(35)32-43)41-22-13-23-42(34-41)52-48-28-8-6-24-46(48)47-25-7-9-29-49(47)52/h1-34H. The monoisotopic (exact) mass is 662 g/mol. The molecule has 0 amide bonds. The molecule has 52 heavy (non-hydrogen) atoms. The van der Waals surface area contributed by atoms with E-state index in [2.05, 4.69) is 216 Å². The Bertz CT molecular complexity index is 2860. The zero-order valence-electron chi connectivity index (χ0n) is 28.5. The molecule has 0 N–H and O–H groups in total. The predicted octanol–water partition coefficient (Wildman–Crippen LogP) is 13.9. The number of rotatable bonds is 6. The van der Waals surface area contributed by atoms with Gasteiger partial charge in [0.25, 0.3) is 0 Å². The van der Waals surface area contributed by atoms with E-state index in [-0.39, 0.29) is 0 Å². The Balaban J connectivity index is 1.18. The van der Waals surface area contributed by atoms with Crippen molar-refractivity contribution in [1.82, 2.24) is 4.57 Å². The zero-order valence-corrected chi connectivity index (χ0v) is 28.5. The molecular formula is C50H34N2. The lowest BCUT2D eigenvalue weighted by molar-refractivity contribution is 1.17. The molecule has 10 aromatic rings. The molecule has 0 bridgehead atoms. The minimum Gasteiger partial charge on any atom is -0.310 e. The summed E-state index contributed by atoms with van der Waals surface area (Å²) in [5.41, 5.74) is 11.7. The smallest absolute Gasteiger partial charge is 0.0541 e. The number of benzene rings is 9. The lowest BCUT2D eigenvalue weighted by Gasteiger charge is -2.27. The molecule has 0 saturated heterocycles. The highest BCUT2D eigenvalue weighted by atomic mass is 15.1. The molecule has 10 rings (SSSR count). The number of hydrogen-bond donors (Lipinski definition) is 0. The van der Waals surface area contributed by atoms with Crippen LogP contribution in [0.25, 0.3) is 71.3 Å². The summed E-state index contributed by atoms with van der Waals surface area (Å²) in [7, 11) is 0. The van der Waals surface area contributed by atoms with Crippen molar-refractivity contribution in [2.24, 2.45) is 0 Å². The van der Waals surface area contributed by atoms with Gasteiger partial charge in [0.15, 0.2) is 0 Å². The summed E-state index contributed by atoms with van der Waals surface area (Å²) in [5, 5.41) is 7.44. The Hall–Kier alpha value is -6.90. The third-order valence-corrected chi connectivity index (χ3v) is 10.3. The van der Waals surface area contributed by atoms with Gasteiger partial charge in [-0.2, -0.15) is 0 Å². The van der Waals surface area contributed by atoms with Crippen molar-refractivity contribution in [1.29, 1.82) is 0 Å². The number of fused-ring (bicyclic) bond motifs is 5. The van der Waals surface area contributed by atoms with Crippen LogP contribution in [0.1, 0.15) is 0 Å². The molecule has 0 spiro atoms. The van der Waals surface area contributed by atoms with Crippen molar-refractivity contribution in [3.05, 3.63) is 206 Å². The Morgan fingerprint density at radius 3 is 1.62 bits per heavy atom. The fraction of sp³-hybridized carbons (Fsp3) is 0. The number of anilines is 3. The number of para-hydroxylation sites is 2. The van der Waals surface area contributed by atoms with E-state index >= 15 is 0 Å². The SMILES string of the molecule is c1ccc(-c2cccc3cccc(-c4cccc(N(c5cccc(-n6c7ccccc7c7ccccc76)c5)c5ccc6ccccc6c5)c4)c23)cc1. The van der Waals surface area contributed by atoms with Crippen LogP contribution in [0, 0.1) is 0 Å². The molecule has 0 fully saturated rings. The average molecular weight is 663 g/mol. The summed E-state index contributed by atoms with van der Waals surface area (Å²) >= 11 is 0. The fourth-order valence-electron chi connectivity index (χ4n) is 7.99. The van der Waals surface area contributed by atoms with Gasteiger partial charge in [-0.05, 0) is 98.4 Å². The van der Waals surface area contributed by atoms with E-state index in [0.717, 1.165) is 22.7 Å². The highest BCUT2D eigenvalue weighted by molar-refractivity contribution is 6.09. The number of aromatic nitrogens is 1. The summed E-state index contributed by atoms with van der Waals surface area (Å²) in [6.45, 7) is 0. The minimum absolute atomic E-state index is 1.09. The Kier molecular flexibility index (Phi) is 7.18. The Morgan fingerprint density at radius 1 is 0.327 bits per heavy atom. The molecule has 1 heterocycles. The summed E-state index contributed by atoms with van der Waals surface area (Å²) in [6.07, 6.45) is 0. The van der Waals surface area contributed by atoms with Gasteiger partial charge in [0.2, 0.25) is 0 Å². The molecule has 244 valence electrons. The van der Waals surface area contributed by atoms with Crippen LogP contribution >= 0.6 is 0 Å². The quantitative estimate of drug-likeness (QED) is 0.172. The van der Waals surface area contributed by atoms with Crippen molar-refractivity contribution in [2.45, 2.75) is 0 Å². The van der Waals surface area contributed by atoms with Crippen LogP contribution in [0.4, 0.5) is 17.1 Å². The van der Waals surface area contributed by atoms with Crippen LogP contribution in [0.3, 0.4) is 0 Å². The van der Waals surface area contributed by atoms with E-state index in [9.17, 15) is 0 Å². The maximum absolute atomic E-state index is 2.40. The lowest BCUT2D eigenvalue weighted by atomic mass is 9.91. The molecule has 0 atom stereocenters. The van der Waals surface area contributed by atoms with Crippen LogP contribution in [-0.4, -0.2) is 4.57 Å². The van der Waals surface area contributed by atoms with Gasteiger partial charge in [-0.1, -0.05) is 152 Å². The topological polar surface area (TPSA) is 8.17 Å². The van der Waals surface area contributed by atoms with E-state index in [0.29, 0.717) is 0 Å². The first-order valence-electron chi connectivity index (χ1n) is 17.9. The van der Waals surface area contributed by atoms with Crippen molar-refractivity contribution in [2.75, 3.05) is 4.90 Å². The maximum atomic E-state index is 2.40. The van der Waals surface area contributed by atoms with Gasteiger partial charge in [-0.15, -0.1) is 0 Å². The van der Waals surface area contributed by atoms with Crippen molar-refractivity contribution >= 4 is 60.4 Å². The van der Waals surface area contributed by atoms with E-state index in [1.807, 2.05) is 0 Å². The largest absolute Gasteiger partial charge is 0.310 e. The van der Waals surface area contributed by atoms with Gasteiger partial charge < -0.3 is 9.47 Å². The molecule has 0 saturated carbocycles. The van der Waals surface area contributed by atoms with E-state index in [1.54, 1.807) is 0 Å². The minimum atomic E-state index is 1.09. The third-order valence-electron chi connectivity index (χ3n) is 10.3. The highest BCUT2D eigenvalue weighted by Crippen LogP contribution is 2.42. The maximum Gasteiger partial charge on any atom is 0.0541 e. The van der Waals surface area contributed by atoms with Crippen LogP contribution < -0.4 is 4.90 Å². The van der Waals surface area contributed by atoms with Gasteiger partial charge in [0, 0.05) is 33.5 Å². The van der Waals surface area contributed by atoms with Crippen LogP contribution in [-0.2, 0) is 0 Å². The molecule has 0 radical (unpaired) electrons. The van der Waals surface area contributed by atoms with E-state index in [4.69, 9.17) is 0 Å². The summed E-state index contributed by atoms with van der Waals surface area (Å²) in [4.78, 5) is 2.40. The average Bonchev–Trinajstić information content (AvgIpc) is 3.55. The highest BCUT2D eigenvalue weighted by Gasteiger charge is 2.18. The predicted molar refractivity (Wildman–Crippen MR) is 221 cm³/mol. The van der Waals surface area contributed by atoms with Crippen LogP contribution in [0.2, 0.25) is 0 Å². The van der Waals surface area contributed by atoms with Gasteiger partial charge in [-0.3, -0.25) is 0 Å². The summed E-state index contributed by atoms with van der Waals surface area (Å²) < 4.78 is 2.39. The first kappa shape index (κ1) is 30.0. The number of nitrogens with zero attached hydrogens (tertiary/aromatic N) is 2. The van der Waals surface area contributed by atoms with E-state index in [1.165, 1.54) is 65.6 Å². The molecule has 0 unspecified atom stereocenters. The van der Waals surface area contributed by atoms with Crippen molar-refractivity contribution < 1.29 is 0 Å². The van der Waals surface area contributed by atoms with Gasteiger partial charge >= 0.3 is 0 Å². The second-order valence-corrected chi connectivity index (χ2v) is 13.4. The molecule has 1 aromatic heterocycles. The normalized spacial score (nSPS) is 11.5. The Morgan fingerprint density at radius 2 is 0.865 bits per heavy atom. The molecule has 0 aliphatic rings. The van der Waals surface area contributed by atoms with E-state index < -0.39 is 0 Å². The third kappa shape index (κ3) is 5.04. The van der Waals surface area contributed by atoms with Crippen LogP contribution in [0.15, 0.2) is 206 Å². The molecule has 9 aromatic carbocycles. The Labute approximate surface area is 303 Å².